The molecule has 156 valence electrons. The number of amides is 1. The van der Waals surface area contributed by atoms with E-state index in [1.165, 1.54) is 15.6 Å². The molecule has 1 aromatic carbocycles. The molecular formula is C20H24N2O5S2. The van der Waals surface area contributed by atoms with E-state index in [0.717, 1.165) is 11.3 Å². The Morgan fingerprint density at radius 1 is 1.17 bits per heavy atom. The van der Waals surface area contributed by atoms with Gasteiger partial charge in [0.1, 0.15) is 17.4 Å². The van der Waals surface area contributed by atoms with E-state index in [2.05, 4.69) is 5.32 Å². The summed E-state index contributed by atoms with van der Waals surface area (Å²) in [5.41, 5.74) is 0.945. The van der Waals surface area contributed by atoms with Crippen LogP contribution in [0.2, 0.25) is 0 Å². The minimum Gasteiger partial charge on any atom is -0.486 e. The molecule has 0 spiro atoms. The first-order valence-corrected chi connectivity index (χ1v) is 12.0. The summed E-state index contributed by atoms with van der Waals surface area (Å²) in [5.74, 6) is 1.18. The van der Waals surface area contributed by atoms with E-state index >= 15 is 0 Å². The summed E-state index contributed by atoms with van der Waals surface area (Å²) in [6.07, 6.45) is 1.04. The van der Waals surface area contributed by atoms with Crippen molar-refractivity contribution in [3.05, 3.63) is 41.3 Å². The highest BCUT2D eigenvalue weighted by Gasteiger charge is 2.33. The van der Waals surface area contributed by atoms with Gasteiger partial charge in [-0.05, 0) is 48.9 Å². The molecule has 4 rings (SSSR count). The molecule has 1 atom stereocenters. The number of ether oxygens (including phenoxy) is 2. The van der Waals surface area contributed by atoms with E-state index in [1.807, 2.05) is 25.1 Å². The fourth-order valence-electron chi connectivity index (χ4n) is 3.64. The average molecular weight is 437 g/mol. The van der Waals surface area contributed by atoms with Crippen LogP contribution in [0.1, 0.15) is 31.4 Å². The molecule has 2 aliphatic heterocycles. The Labute approximate surface area is 174 Å². The highest BCUT2D eigenvalue weighted by atomic mass is 32.2. The van der Waals surface area contributed by atoms with E-state index < -0.39 is 10.0 Å². The number of carbonyl (C=O) groups is 1. The van der Waals surface area contributed by atoms with Gasteiger partial charge in [0.05, 0.1) is 6.04 Å². The van der Waals surface area contributed by atoms with Crippen LogP contribution in [-0.4, -0.2) is 44.9 Å². The number of benzene rings is 1. The minimum atomic E-state index is -3.45. The van der Waals surface area contributed by atoms with Gasteiger partial charge in [0.2, 0.25) is 5.91 Å². The number of fused-ring (bicyclic) bond motifs is 1. The van der Waals surface area contributed by atoms with Crippen LogP contribution in [0.5, 0.6) is 11.5 Å². The highest BCUT2D eigenvalue weighted by molar-refractivity contribution is 7.91. The van der Waals surface area contributed by atoms with Crippen molar-refractivity contribution in [2.75, 3.05) is 26.3 Å². The summed E-state index contributed by atoms with van der Waals surface area (Å²) in [7, 11) is -3.45. The Morgan fingerprint density at radius 2 is 1.90 bits per heavy atom. The normalized spacial score (nSPS) is 18.9. The Hall–Kier alpha value is -2.10. The van der Waals surface area contributed by atoms with E-state index in [4.69, 9.17) is 9.47 Å². The van der Waals surface area contributed by atoms with E-state index in [0.29, 0.717) is 49.1 Å². The second-order valence-electron chi connectivity index (χ2n) is 7.24. The average Bonchev–Trinajstić information content (AvgIpc) is 3.29. The van der Waals surface area contributed by atoms with E-state index in [1.54, 1.807) is 17.5 Å². The molecule has 9 heteroatoms. The van der Waals surface area contributed by atoms with Crippen LogP contribution in [0.3, 0.4) is 0 Å². The molecule has 3 heterocycles. The third kappa shape index (κ3) is 4.26. The third-order valence-corrected chi connectivity index (χ3v) is 8.61. The zero-order chi connectivity index (χ0) is 20.4. The van der Waals surface area contributed by atoms with Crippen LogP contribution in [0.25, 0.3) is 0 Å². The monoisotopic (exact) mass is 436 g/mol. The number of hydrogen-bond donors (Lipinski definition) is 1. The Kier molecular flexibility index (Phi) is 5.80. The first-order chi connectivity index (χ1) is 13.9. The smallest absolute Gasteiger partial charge is 0.252 e. The first-order valence-electron chi connectivity index (χ1n) is 9.69. The lowest BCUT2D eigenvalue weighted by molar-refractivity contribution is -0.126. The van der Waals surface area contributed by atoms with Crippen molar-refractivity contribution in [1.82, 2.24) is 9.62 Å². The zero-order valence-corrected chi connectivity index (χ0v) is 17.8. The van der Waals surface area contributed by atoms with Gasteiger partial charge in [-0.15, -0.1) is 11.3 Å². The van der Waals surface area contributed by atoms with Gasteiger partial charge < -0.3 is 14.8 Å². The molecule has 1 amide bonds. The second-order valence-corrected chi connectivity index (χ2v) is 10.4. The number of nitrogens with one attached hydrogen (secondary N) is 1. The standard InChI is InChI=1S/C20H24N2O5S2/c1-14(16-4-5-17-18(13-16)27-11-10-26-17)21-20(23)15-6-8-22(9-7-15)29(24,25)19-3-2-12-28-19/h2-5,12-15H,6-11H2,1H3,(H,21,23)/t14-/m0/s1. The van der Waals surface area contributed by atoms with Crippen molar-refractivity contribution in [2.45, 2.75) is 30.0 Å². The SMILES string of the molecule is C[C@H](NC(=O)C1CCN(S(=O)(=O)c2cccs2)CC1)c1ccc2c(c1)OCCO2. The Morgan fingerprint density at radius 3 is 2.59 bits per heavy atom. The van der Waals surface area contributed by atoms with Crippen molar-refractivity contribution >= 4 is 27.3 Å². The molecular weight excluding hydrogens is 412 g/mol. The second kappa shape index (κ2) is 8.33. The van der Waals surface area contributed by atoms with E-state index in [9.17, 15) is 13.2 Å². The van der Waals surface area contributed by atoms with Gasteiger partial charge in [-0.2, -0.15) is 4.31 Å². The van der Waals surface area contributed by atoms with Crippen LogP contribution in [0.4, 0.5) is 0 Å². The number of hydrogen-bond acceptors (Lipinski definition) is 6. The lowest BCUT2D eigenvalue weighted by atomic mass is 9.96. The van der Waals surface area contributed by atoms with Crippen molar-refractivity contribution in [1.29, 1.82) is 0 Å². The predicted molar refractivity (Wildman–Crippen MR) is 110 cm³/mol. The summed E-state index contributed by atoms with van der Waals surface area (Å²) in [5, 5.41) is 4.81. The van der Waals surface area contributed by atoms with Gasteiger partial charge in [-0.3, -0.25) is 4.79 Å². The molecule has 29 heavy (non-hydrogen) atoms. The van der Waals surface area contributed by atoms with Crippen molar-refractivity contribution in [3.63, 3.8) is 0 Å². The molecule has 0 unspecified atom stereocenters. The maximum Gasteiger partial charge on any atom is 0.252 e. The Balaban J connectivity index is 1.34. The number of piperidine rings is 1. The van der Waals surface area contributed by atoms with Crippen molar-refractivity contribution in [2.24, 2.45) is 5.92 Å². The number of rotatable bonds is 5. The number of nitrogens with zero attached hydrogens (tertiary/aromatic N) is 1. The molecule has 2 aliphatic rings. The zero-order valence-electron chi connectivity index (χ0n) is 16.2. The fraction of sp³-hybridized carbons (Fsp3) is 0.450. The van der Waals surface area contributed by atoms with Crippen LogP contribution < -0.4 is 14.8 Å². The van der Waals surface area contributed by atoms with Gasteiger partial charge >= 0.3 is 0 Å². The van der Waals surface area contributed by atoms with Gasteiger partial charge in [0.25, 0.3) is 10.0 Å². The highest BCUT2D eigenvalue weighted by Crippen LogP contribution is 2.33. The maximum absolute atomic E-state index is 12.7. The molecule has 1 aromatic heterocycles. The Bertz CT molecular complexity index is 967. The molecule has 0 radical (unpaired) electrons. The predicted octanol–water partition coefficient (Wildman–Crippen LogP) is 2.80. The lowest BCUT2D eigenvalue weighted by Gasteiger charge is -2.31. The van der Waals surface area contributed by atoms with Gasteiger partial charge in [-0.25, -0.2) is 8.42 Å². The largest absolute Gasteiger partial charge is 0.486 e. The summed E-state index contributed by atoms with van der Waals surface area (Å²) >= 11 is 1.22. The molecule has 0 bridgehead atoms. The number of carbonyl (C=O) groups excluding carboxylic acids is 1. The van der Waals surface area contributed by atoms with Gasteiger partial charge in [0, 0.05) is 19.0 Å². The first kappa shape index (κ1) is 20.2. The minimum absolute atomic E-state index is 0.0411. The number of sulfonamides is 1. The fourth-order valence-corrected chi connectivity index (χ4v) is 6.25. The van der Waals surface area contributed by atoms with Crippen LogP contribution >= 0.6 is 11.3 Å². The molecule has 0 aliphatic carbocycles. The van der Waals surface area contributed by atoms with Gasteiger partial charge in [0.15, 0.2) is 11.5 Å². The topological polar surface area (TPSA) is 84.9 Å². The van der Waals surface area contributed by atoms with Crippen LogP contribution in [0, 0.1) is 5.92 Å². The molecule has 1 fully saturated rings. The lowest BCUT2D eigenvalue weighted by Crippen LogP contribution is -2.43. The molecule has 7 nitrogen and oxygen atoms in total. The summed E-state index contributed by atoms with van der Waals surface area (Å²) < 4.78 is 38.2. The van der Waals surface area contributed by atoms with E-state index in [-0.39, 0.29) is 17.9 Å². The van der Waals surface area contributed by atoms with Crippen LogP contribution in [0.15, 0.2) is 39.9 Å². The van der Waals surface area contributed by atoms with Crippen molar-refractivity contribution < 1.29 is 22.7 Å². The van der Waals surface area contributed by atoms with Crippen LogP contribution in [-0.2, 0) is 14.8 Å². The molecule has 2 aromatic rings. The quantitative estimate of drug-likeness (QED) is 0.779. The van der Waals surface area contributed by atoms with Crippen molar-refractivity contribution in [3.8, 4) is 11.5 Å². The third-order valence-electron chi connectivity index (χ3n) is 5.34. The summed E-state index contributed by atoms with van der Waals surface area (Å²) in [6, 6.07) is 8.86. The number of thiophene rings is 1. The van der Waals surface area contributed by atoms with Gasteiger partial charge in [-0.1, -0.05) is 12.1 Å². The molecule has 1 N–H and O–H groups in total. The molecule has 0 saturated carbocycles. The maximum atomic E-state index is 12.7. The molecule has 1 saturated heterocycles. The summed E-state index contributed by atoms with van der Waals surface area (Å²) in [4.78, 5) is 12.7. The summed E-state index contributed by atoms with van der Waals surface area (Å²) in [6.45, 7) is 3.71.